The van der Waals surface area contributed by atoms with Crippen LogP contribution < -0.4 is 10.6 Å². The van der Waals surface area contributed by atoms with Crippen LogP contribution in [0.4, 0.5) is 5.69 Å². The fourth-order valence-electron chi connectivity index (χ4n) is 3.22. The van der Waals surface area contributed by atoms with Crippen molar-refractivity contribution in [1.29, 1.82) is 0 Å². The Kier molecular flexibility index (Phi) is 6.89. The normalized spacial score (nSPS) is 15.6. The number of imidazole rings is 1. The van der Waals surface area contributed by atoms with Crippen molar-refractivity contribution in [3.05, 3.63) is 36.6 Å². The van der Waals surface area contributed by atoms with Gasteiger partial charge in [-0.3, -0.25) is 4.79 Å². The van der Waals surface area contributed by atoms with Crippen molar-refractivity contribution in [1.82, 2.24) is 15.3 Å². The van der Waals surface area contributed by atoms with Gasteiger partial charge in [-0.05, 0) is 56.3 Å². The number of benzene rings is 1. The molecule has 146 valence electrons. The lowest BCUT2D eigenvalue weighted by molar-refractivity contribution is -0.140. The summed E-state index contributed by atoms with van der Waals surface area (Å²) in [6.45, 7) is 1.54. The number of H-pyrrole nitrogens is 1. The van der Waals surface area contributed by atoms with Gasteiger partial charge < -0.3 is 24.8 Å². The molecule has 1 aliphatic heterocycles. The number of hydrogen-bond donors (Lipinski definition) is 3. The summed E-state index contributed by atoms with van der Waals surface area (Å²) in [7, 11) is 1.60. The number of carbonyl (C=O) groups excluding carboxylic acids is 1. The molecule has 4 rings (SSSR count). The number of ether oxygens (including phenoxy) is 1. The number of furan rings is 1. The molecule has 9 heteroatoms. The molecule has 1 aromatic carbocycles. The maximum atomic E-state index is 12.7. The number of halogens is 2. The molecule has 3 aromatic rings. The van der Waals surface area contributed by atoms with E-state index in [0.717, 1.165) is 24.1 Å². The van der Waals surface area contributed by atoms with E-state index in [1.54, 1.807) is 13.4 Å². The highest BCUT2D eigenvalue weighted by molar-refractivity contribution is 5.98. The van der Waals surface area contributed by atoms with E-state index in [1.807, 2.05) is 30.3 Å². The molecule has 0 atom stereocenters. The fourth-order valence-corrected chi connectivity index (χ4v) is 3.22. The predicted molar refractivity (Wildman–Crippen MR) is 109 cm³/mol. The van der Waals surface area contributed by atoms with Crippen LogP contribution in [0.2, 0.25) is 0 Å². The number of nitrogens with zero attached hydrogens (tertiary/aromatic N) is 1. The lowest BCUT2D eigenvalue weighted by atomic mass is 9.91. The van der Waals surface area contributed by atoms with Crippen molar-refractivity contribution >= 4 is 47.4 Å². The molecular weight excluding hydrogens is 391 g/mol. The van der Waals surface area contributed by atoms with Crippen LogP contribution in [0.1, 0.15) is 12.8 Å². The second-order valence-corrected chi connectivity index (χ2v) is 6.20. The molecule has 2 aromatic heterocycles. The highest BCUT2D eigenvalue weighted by Crippen LogP contribution is 2.27. The van der Waals surface area contributed by atoms with E-state index >= 15 is 0 Å². The molecule has 0 radical (unpaired) electrons. The maximum absolute atomic E-state index is 12.7. The van der Waals surface area contributed by atoms with Gasteiger partial charge in [-0.1, -0.05) is 0 Å². The summed E-state index contributed by atoms with van der Waals surface area (Å²) in [6, 6.07) is 9.25. The number of anilines is 1. The molecule has 1 aliphatic rings. The quantitative estimate of drug-likeness (QED) is 0.610. The number of hydrogen-bond acceptors (Lipinski definition) is 5. The standard InChI is InChI=1S/C18H20N4O3.2ClH/c1-24-18(6-8-19-9-7-18)17(23)20-12-4-5-13-14(11-12)22-16(21-13)15-3-2-10-25-15;;/h2-5,10-11,19H,6-9H2,1H3,(H,20,23)(H,21,22);2*1H. The van der Waals surface area contributed by atoms with E-state index in [0.29, 0.717) is 30.1 Å². The van der Waals surface area contributed by atoms with Crippen molar-refractivity contribution in [2.75, 3.05) is 25.5 Å². The summed E-state index contributed by atoms with van der Waals surface area (Å²) in [5.74, 6) is 1.23. The summed E-state index contributed by atoms with van der Waals surface area (Å²) in [4.78, 5) is 20.5. The Morgan fingerprint density at radius 1 is 1.26 bits per heavy atom. The van der Waals surface area contributed by atoms with Crippen molar-refractivity contribution < 1.29 is 13.9 Å². The number of methoxy groups -OCH3 is 1. The van der Waals surface area contributed by atoms with Gasteiger partial charge in [0.1, 0.15) is 5.60 Å². The zero-order valence-corrected chi connectivity index (χ0v) is 16.4. The summed E-state index contributed by atoms with van der Waals surface area (Å²) in [6.07, 6.45) is 2.92. The summed E-state index contributed by atoms with van der Waals surface area (Å²) in [5.41, 5.74) is 1.59. The molecule has 1 fully saturated rings. The highest BCUT2D eigenvalue weighted by atomic mass is 35.5. The fraction of sp³-hybridized carbons (Fsp3) is 0.333. The highest BCUT2D eigenvalue weighted by Gasteiger charge is 2.39. The summed E-state index contributed by atoms with van der Waals surface area (Å²) in [5, 5.41) is 6.23. The Morgan fingerprint density at radius 2 is 2.04 bits per heavy atom. The third-order valence-corrected chi connectivity index (χ3v) is 4.71. The molecule has 3 heterocycles. The van der Waals surface area contributed by atoms with E-state index < -0.39 is 5.60 Å². The first-order valence-corrected chi connectivity index (χ1v) is 8.31. The second-order valence-electron chi connectivity index (χ2n) is 6.20. The first kappa shape index (κ1) is 21.2. The molecule has 0 saturated carbocycles. The first-order valence-electron chi connectivity index (χ1n) is 8.31. The average molecular weight is 413 g/mol. The Morgan fingerprint density at radius 3 is 2.70 bits per heavy atom. The van der Waals surface area contributed by atoms with Gasteiger partial charge in [0, 0.05) is 12.8 Å². The number of piperidine rings is 1. The lowest BCUT2D eigenvalue weighted by Gasteiger charge is -2.34. The Bertz CT molecular complexity index is 889. The molecule has 0 unspecified atom stereocenters. The van der Waals surface area contributed by atoms with Crippen LogP contribution >= 0.6 is 24.8 Å². The zero-order valence-electron chi connectivity index (χ0n) is 14.8. The van der Waals surface area contributed by atoms with Gasteiger partial charge in [0.2, 0.25) is 0 Å². The van der Waals surface area contributed by atoms with Crippen LogP contribution in [-0.4, -0.2) is 41.7 Å². The van der Waals surface area contributed by atoms with E-state index in [4.69, 9.17) is 9.15 Å². The number of nitrogens with one attached hydrogen (secondary N) is 3. The monoisotopic (exact) mass is 412 g/mol. The molecule has 1 saturated heterocycles. The van der Waals surface area contributed by atoms with Gasteiger partial charge in [0.25, 0.3) is 5.91 Å². The largest absolute Gasteiger partial charge is 0.461 e. The maximum Gasteiger partial charge on any atom is 0.256 e. The van der Waals surface area contributed by atoms with Crippen LogP contribution in [0.5, 0.6) is 0 Å². The minimum atomic E-state index is -0.770. The average Bonchev–Trinajstić information content (AvgIpc) is 3.31. The first-order chi connectivity index (χ1) is 12.2. The number of carbonyl (C=O) groups is 1. The number of amides is 1. The van der Waals surface area contributed by atoms with Crippen LogP contribution in [0.15, 0.2) is 41.0 Å². The van der Waals surface area contributed by atoms with Crippen molar-refractivity contribution in [2.45, 2.75) is 18.4 Å². The number of aromatic nitrogens is 2. The molecule has 7 nitrogen and oxygen atoms in total. The Labute approximate surface area is 169 Å². The van der Waals surface area contributed by atoms with E-state index in [1.165, 1.54) is 0 Å². The van der Waals surface area contributed by atoms with Gasteiger partial charge in [-0.15, -0.1) is 24.8 Å². The Hall–Kier alpha value is -2.06. The molecule has 0 bridgehead atoms. The van der Waals surface area contributed by atoms with Gasteiger partial charge in [0.05, 0.1) is 17.3 Å². The van der Waals surface area contributed by atoms with E-state index in [2.05, 4.69) is 20.6 Å². The van der Waals surface area contributed by atoms with Crippen molar-refractivity contribution in [2.24, 2.45) is 0 Å². The van der Waals surface area contributed by atoms with Crippen LogP contribution in [-0.2, 0) is 9.53 Å². The van der Waals surface area contributed by atoms with E-state index in [-0.39, 0.29) is 30.7 Å². The van der Waals surface area contributed by atoms with E-state index in [9.17, 15) is 4.79 Å². The van der Waals surface area contributed by atoms with Crippen LogP contribution in [0, 0.1) is 0 Å². The number of fused-ring (bicyclic) bond motifs is 1. The zero-order chi connectivity index (χ0) is 17.3. The van der Waals surface area contributed by atoms with Crippen molar-refractivity contribution in [3.8, 4) is 11.6 Å². The third kappa shape index (κ3) is 4.11. The molecule has 27 heavy (non-hydrogen) atoms. The van der Waals surface area contributed by atoms with Gasteiger partial charge in [0.15, 0.2) is 11.6 Å². The minimum Gasteiger partial charge on any atom is -0.461 e. The Balaban J connectivity index is 0.00000131. The molecule has 0 spiro atoms. The number of aromatic amines is 1. The molecular formula is C18H22Cl2N4O3. The van der Waals surface area contributed by atoms with Crippen LogP contribution in [0.3, 0.4) is 0 Å². The van der Waals surface area contributed by atoms with Crippen LogP contribution in [0.25, 0.3) is 22.6 Å². The predicted octanol–water partition coefficient (Wildman–Crippen LogP) is 3.37. The lowest BCUT2D eigenvalue weighted by Crippen LogP contribution is -2.51. The topological polar surface area (TPSA) is 92.2 Å². The molecule has 3 N–H and O–H groups in total. The minimum absolute atomic E-state index is 0. The summed E-state index contributed by atoms with van der Waals surface area (Å²) >= 11 is 0. The number of rotatable bonds is 4. The third-order valence-electron chi connectivity index (χ3n) is 4.71. The molecule has 1 amide bonds. The summed E-state index contributed by atoms with van der Waals surface area (Å²) < 4.78 is 10.9. The van der Waals surface area contributed by atoms with Gasteiger partial charge in [-0.25, -0.2) is 4.98 Å². The molecule has 0 aliphatic carbocycles. The van der Waals surface area contributed by atoms with Gasteiger partial charge in [-0.2, -0.15) is 0 Å². The SMILES string of the molecule is COC1(C(=O)Nc2ccc3nc(-c4ccco4)[nH]c3c2)CCNCC1.Cl.Cl. The van der Waals surface area contributed by atoms with Gasteiger partial charge >= 0.3 is 0 Å². The second kappa shape index (κ2) is 8.75. The van der Waals surface area contributed by atoms with Crippen molar-refractivity contribution in [3.63, 3.8) is 0 Å². The smallest absolute Gasteiger partial charge is 0.256 e.